The third-order valence-electron chi connectivity index (χ3n) is 4.18. The monoisotopic (exact) mass is 281 g/mol. The molecule has 3 N–H and O–H groups in total. The molecule has 5 nitrogen and oxygen atoms in total. The van der Waals surface area contributed by atoms with Crippen molar-refractivity contribution in [2.45, 2.75) is 24.8 Å². The quantitative estimate of drug-likeness (QED) is 0.826. The molecule has 4 rings (SSSR count). The van der Waals surface area contributed by atoms with E-state index in [2.05, 4.69) is 26.3 Å². The van der Waals surface area contributed by atoms with Crippen molar-refractivity contribution in [3.8, 4) is 11.1 Å². The molecule has 1 aromatic heterocycles. The smallest absolute Gasteiger partial charge is 0.189 e. The fraction of sp³-hybridized carbons (Fsp3) is 0.312. The Kier molecular flexibility index (Phi) is 2.23. The average molecular weight is 281 g/mol. The van der Waals surface area contributed by atoms with Gasteiger partial charge in [0, 0.05) is 30.9 Å². The number of nitrogens with one attached hydrogen (secondary N) is 1. The Hall–Kier alpha value is -2.43. The van der Waals surface area contributed by atoms with E-state index in [-0.39, 0.29) is 5.96 Å². The van der Waals surface area contributed by atoms with Crippen LogP contribution in [0.25, 0.3) is 11.1 Å². The molecule has 1 atom stereocenters. The standard InChI is InChI=1S/C16H17N5/c17-15-20-9-16(21-15)5-4-11-2-1-3-13(14(11)6-16)12-7-18-10-19-8-12/h1-3,7-8,10H,4-6,9H2,(H3,17,20,21)/t16-/m0/s1/i9D2. The summed E-state index contributed by atoms with van der Waals surface area (Å²) in [6, 6.07) is 6.15. The van der Waals surface area contributed by atoms with Crippen molar-refractivity contribution in [1.82, 2.24) is 15.3 Å². The Morgan fingerprint density at radius 3 is 2.90 bits per heavy atom. The number of nitrogens with zero attached hydrogens (tertiary/aromatic N) is 3. The van der Waals surface area contributed by atoms with E-state index in [1.165, 1.54) is 11.9 Å². The largest absolute Gasteiger partial charge is 0.370 e. The first-order valence-electron chi connectivity index (χ1n) is 8.00. The summed E-state index contributed by atoms with van der Waals surface area (Å²) in [5.74, 6) is 0.180. The van der Waals surface area contributed by atoms with Gasteiger partial charge in [-0.3, -0.25) is 0 Å². The minimum absolute atomic E-state index is 0.180. The molecule has 1 aliphatic heterocycles. The van der Waals surface area contributed by atoms with Gasteiger partial charge in [-0.2, -0.15) is 0 Å². The van der Waals surface area contributed by atoms with E-state index in [0.717, 1.165) is 23.1 Å². The molecular formula is C16H17N5. The SMILES string of the molecule is [2H]C1([2H])NC(N)=N[C@]12CCc1cccc(-c3cncnc3)c1C2. The van der Waals surface area contributed by atoms with Gasteiger partial charge in [-0.25, -0.2) is 15.0 Å². The van der Waals surface area contributed by atoms with Crippen LogP contribution in [0.3, 0.4) is 0 Å². The molecule has 21 heavy (non-hydrogen) atoms. The lowest BCUT2D eigenvalue weighted by atomic mass is 9.76. The Labute approximate surface area is 126 Å². The van der Waals surface area contributed by atoms with Gasteiger partial charge in [-0.15, -0.1) is 0 Å². The van der Waals surface area contributed by atoms with Gasteiger partial charge in [0.05, 0.1) is 8.28 Å². The van der Waals surface area contributed by atoms with Crippen molar-refractivity contribution in [3.05, 3.63) is 48.0 Å². The Morgan fingerprint density at radius 1 is 1.29 bits per heavy atom. The average Bonchev–Trinajstić information content (AvgIpc) is 2.75. The van der Waals surface area contributed by atoms with E-state index < -0.39 is 12.0 Å². The number of aryl methyl sites for hydroxylation is 1. The number of aliphatic imine (C=N–C) groups is 1. The number of hydrogen-bond acceptors (Lipinski definition) is 5. The van der Waals surface area contributed by atoms with Gasteiger partial charge in [-0.1, -0.05) is 18.2 Å². The molecule has 0 amide bonds. The number of nitrogens with two attached hydrogens (primary N) is 1. The molecule has 0 saturated heterocycles. The van der Waals surface area contributed by atoms with Crippen molar-refractivity contribution in [3.63, 3.8) is 0 Å². The molecule has 2 aromatic rings. The predicted octanol–water partition coefficient (Wildman–Crippen LogP) is 1.29. The molecule has 2 aliphatic rings. The molecule has 2 heterocycles. The maximum atomic E-state index is 8.31. The minimum atomic E-state index is -1.64. The van der Waals surface area contributed by atoms with Crippen molar-refractivity contribution >= 4 is 5.96 Å². The predicted molar refractivity (Wildman–Crippen MR) is 81.8 cm³/mol. The lowest BCUT2D eigenvalue weighted by Crippen LogP contribution is -2.39. The maximum absolute atomic E-state index is 8.31. The van der Waals surface area contributed by atoms with E-state index in [0.29, 0.717) is 12.8 Å². The summed E-state index contributed by atoms with van der Waals surface area (Å²) < 4.78 is 16.6. The molecule has 0 unspecified atom stereocenters. The lowest BCUT2D eigenvalue weighted by molar-refractivity contribution is 0.395. The third-order valence-corrected chi connectivity index (χ3v) is 4.18. The van der Waals surface area contributed by atoms with Crippen LogP contribution in [0.15, 0.2) is 41.9 Å². The molecule has 106 valence electrons. The first-order chi connectivity index (χ1) is 11.0. The van der Waals surface area contributed by atoms with Crippen LogP contribution in [-0.2, 0) is 12.8 Å². The summed E-state index contributed by atoms with van der Waals surface area (Å²) in [7, 11) is 0. The maximum Gasteiger partial charge on any atom is 0.189 e. The van der Waals surface area contributed by atoms with E-state index in [9.17, 15) is 0 Å². The second-order valence-electron chi connectivity index (χ2n) is 5.53. The summed E-state index contributed by atoms with van der Waals surface area (Å²) in [6.07, 6.45) is 6.98. The zero-order valence-corrected chi connectivity index (χ0v) is 11.5. The molecule has 1 aliphatic carbocycles. The summed E-state index contributed by atoms with van der Waals surface area (Å²) in [5.41, 5.74) is 9.23. The second-order valence-corrected chi connectivity index (χ2v) is 5.53. The van der Waals surface area contributed by atoms with E-state index in [1.807, 2.05) is 12.1 Å². The Morgan fingerprint density at radius 2 is 2.14 bits per heavy atom. The number of guanidine groups is 1. The molecule has 0 bridgehead atoms. The molecule has 5 heteroatoms. The van der Waals surface area contributed by atoms with Crippen LogP contribution in [0.5, 0.6) is 0 Å². The van der Waals surface area contributed by atoms with Crippen molar-refractivity contribution < 1.29 is 2.74 Å². The third kappa shape index (κ3) is 2.05. The number of fused-ring (bicyclic) bond motifs is 1. The van der Waals surface area contributed by atoms with E-state index >= 15 is 0 Å². The van der Waals surface area contributed by atoms with Crippen molar-refractivity contribution in [2.75, 3.05) is 6.50 Å². The van der Waals surface area contributed by atoms with Gasteiger partial charge >= 0.3 is 0 Å². The summed E-state index contributed by atoms with van der Waals surface area (Å²) in [6.45, 7) is -1.64. The summed E-state index contributed by atoms with van der Waals surface area (Å²) in [5, 5.41) is 2.68. The van der Waals surface area contributed by atoms with Crippen LogP contribution in [0, 0.1) is 0 Å². The fourth-order valence-electron chi connectivity index (χ4n) is 3.18. The highest BCUT2D eigenvalue weighted by atomic mass is 15.2. The highest BCUT2D eigenvalue weighted by Crippen LogP contribution is 2.37. The highest BCUT2D eigenvalue weighted by molar-refractivity contribution is 5.80. The van der Waals surface area contributed by atoms with E-state index in [1.54, 1.807) is 12.4 Å². The van der Waals surface area contributed by atoms with Crippen LogP contribution in [0.4, 0.5) is 0 Å². The first kappa shape index (κ1) is 10.3. The Balaban J connectivity index is 1.84. The number of benzene rings is 1. The normalized spacial score (nSPS) is 27.3. The van der Waals surface area contributed by atoms with Gasteiger partial charge in [0.15, 0.2) is 5.96 Å². The van der Waals surface area contributed by atoms with Crippen LogP contribution in [0.1, 0.15) is 20.3 Å². The first-order valence-corrected chi connectivity index (χ1v) is 7.00. The van der Waals surface area contributed by atoms with E-state index in [4.69, 9.17) is 8.48 Å². The van der Waals surface area contributed by atoms with Gasteiger partial charge in [0.2, 0.25) is 0 Å². The topological polar surface area (TPSA) is 76.2 Å². The summed E-state index contributed by atoms with van der Waals surface area (Å²) >= 11 is 0. The van der Waals surface area contributed by atoms with Crippen LogP contribution in [-0.4, -0.2) is 28.0 Å². The molecule has 0 fully saturated rings. The van der Waals surface area contributed by atoms with Crippen LogP contribution >= 0.6 is 0 Å². The van der Waals surface area contributed by atoms with Crippen molar-refractivity contribution in [1.29, 1.82) is 0 Å². The zero-order valence-electron chi connectivity index (χ0n) is 13.5. The number of hydrogen-bond donors (Lipinski definition) is 2. The Bertz CT molecular complexity index is 790. The minimum Gasteiger partial charge on any atom is -0.370 e. The molecule has 1 spiro atoms. The molecular weight excluding hydrogens is 262 g/mol. The van der Waals surface area contributed by atoms with Gasteiger partial charge in [-0.05, 0) is 29.5 Å². The van der Waals surface area contributed by atoms with Gasteiger partial charge < -0.3 is 11.1 Å². The van der Waals surface area contributed by atoms with Crippen LogP contribution in [0.2, 0.25) is 0 Å². The molecule has 0 saturated carbocycles. The zero-order chi connectivity index (χ0) is 16.1. The number of aromatic nitrogens is 2. The highest BCUT2D eigenvalue weighted by Gasteiger charge is 2.38. The van der Waals surface area contributed by atoms with Gasteiger partial charge in [0.25, 0.3) is 0 Å². The van der Waals surface area contributed by atoms with Crippen molar-refractivity contribution in [2.24, 2.45) is 10.7 Å². The second kappa shape index (κ2) is 4.55. The van der Waals surface area contributed by atoms with Crippen LogP contribution < -0.4 is 11.1 Å². The number of rotatable bonds is 1. The van der Waals surface area contributed by atoms with Gasteiger partial charge in [0.1, 0.15) is 6.33 Å². The molecule has 1 aromatic carbocycles. The fourth-order valence-corrected chi connectivity index (χ4v) is 3.18. The lowest BCUT2D eigenvalue weighted by Gasteiger charge is -2.32. The summed E-state index contributed by atoms with van der Waals surface area (Å²) in [4.78, 5) is 12.6. The molecule has 0 radical (unpaired) electrons.